The lowest BCUT2D eigenvalue weighted by Crippen LogP contribution is -2.23. The number of pyridine rings is 1. The first-order valence-electron chi connectivity index (χ1n) is 11.9. The standard InChI is InChI=1S/C23H22F3N5O3S.C2HF3O2/c1-27-35(33,34)20-6-3-2-5-18(20)30-19-13-21(28-14-17(19)23(24,25)26)29-15-8-10-16(11-9-15)31-12-4-7-22(31)32;3-2(4,5)1(6)7/h2-3,5-6,8-11,13-14,27H,4,7,12H2,1H3,(H2,28,29,30);(H,6,7). The first-order chi connectivity index (χ1) is 19.5. The number of benzene rings is 2. The number of rotatable bonds is 7. The topological polar surface area (TPSA) is 141 Å². The van der Waals surface area contributed by atoms with E-state index < -0.39 is 33.9 Å². The van der Waals surface area contributed by atoms with Gasteiger partial charge in [0.2, 0.25) is 15.9 Å². The van der Waals surface area contributed by atoms with Crippen molar-refractivity contribution in [2.75, 3.05) is 29.1 Å². The summed E-state index contributed by atoms with van der Waals surface area (Å²) in [5.74, 6) is -2.60. The van der Waals surface area contributed by atoms with E-state index in [1.165, 1.54) is 31.3 Å². The zero-order valence-corrected chi connectivity index (χ0v) is 22.4. The van der Waals surface area contributed by atoms with E-state index in [4.69, 9.17) is 9.90 Å². The summed E-state index contributed by atoms with van der Waals surface area (Å²) in [6.45, 7) is 0.645. The third-order valence-electron chi connectivity index (χ3n) is 5.69. The molecule has 0 atom stereocenters. The number of halogens is 6. The Hall–Kier alpha value is -4.38. The predicted octanol–water partition coefficient (Wildman–Crippen LogP) is 5.26. The number of para-hydroxylation sites is 1. The Morgan fingerprint density at radius 3 is 2.12 bits per heavy atom. The van der Waals surface area contributed by atoms with Crippen molar-refractivity contribution >= 4 is 50.5 Å². The molecule has 1 saturated heterocycles. The number of carboxylic acid groups (broad SMARTS) is 1. The van der Waals surface area contributed by atoms with Crippen LogP contribution in [0.4, 0.5) is 54.9 Å². The highest BCUT2D eigenvalue weighted by Gasteiger charge is 2.38. The molecular formula is C25H23F6N5O5S. The lowest BCUT2D eigenvalue weighted by Gasteiger charge is -2.18. The fourth-order valence-electron chi connectivity index (χ4n) is 3.71. The molecule has 4 rings (SSSR count). The third-order valence-corrected chi connectivity index (χ3v) is 7.16. The van der Waals surface area contributed by atoms with Crippen LogP contribution in [-0.2, 0) is 25.8 Å². The average Bonchev–Trinajstić information content (AvgIpc) is 3.34. The minimum absolute atomic E-state index is 0.0240. The molecule has 2 heterocycles. The van der Waals surface area contributed by atoms with Crippen LogP contribution in [0.5, 0.6) is 0 Å². The molecule has 0 radical (unpaired) electrons. The molecule has 17 heteroatoms. The Labute approximate surface area is 235 Å². The van der Waals surface area contributed by atoms with E-state index in [-0.39, 0.29) is 28.0 Å². The van der Waals surface area contributed by atoms with Crippen molar-refractivity contribution in [1.29, 1.82) is 0 Å². The molecule has 0 aliphatic carbocycles. The summed E-state index contributed by atoms with van der Waals surface area (Å²) in [5, 5.41) is 12.7. The number of amides is 1. The SMILES string of the molecule is CNS(=O)(=O)c1ccccc1Nc1cc(Nc2ccc(N3CCCC3=O)cc2)ncc1C(F)(F)F.O=C(O)C(F)(F)F. The van der Waals surface area contributed by atoms with Gasteiger partial charge in [-0.2, -0.15) is 26.3 Å². The maximum atomic E-state index is 13.7. The summed E-state index contributed by atoms with van der Waals surface area (Å²) < 4.78 is 99.6. The summed E-state index contributed by atoms with van der Waals surface area (Å²) in [4.78, 5) is 26.2. The second kappa shape index (κ2) is 12.6. The molecule has 0 saturated carbocycles. The number of anilines is 5. The van der Waals surface area contributed by atoms with Gasteiger partial charge in [0.15, 0.2) is 0 Å². The van der Waals surface area contributed by atoms with Gasteiger partial charge in [0.25, 0.3) is 0 Å². The fraction of sp³-hybridized carbons (Fsp3) is 0.240. The molecule has 3 aromatic rings. The van der Waals surface area contributed by atoms with Crippen molar-refractivity contribution in [2.45, 2.75) is 30.1 Å². The van der Waals surface area contributed by atoms with Gasteiger partial charge >= 0.3 is 18.3 Å². The van der Waals surface area contributed by atoms with Crippen molar-refractivity contribution in [1.82, 2.24) is 9.71 Å². The fourth-order valence-corrected chi connectivity index (χ4v) is 4.59. The Morgan fingerprint density at radius 2 is 1.60 bits per heavy atom. The number of aromatic nitrogens is 1. The maximum absolute atomic E-state index is 13.7. The molecule has 42 heavy (non-hydrogen) atoms. The molecule has 2 aromatic carbocycles. The number of nitrogens with one attached hydrogen (secondary N) is 3. The Balaban J connectivity index is 0.000000616. The van der Waals surface area contributed by atoms with Gasteiger partial charge in [0.1, 0.15) is 10.7 Å². The van der Waals surface area contributed by atoms with Crippen LogP contribution in [0.1, 0.15) is 18.4 Å². The van der Waals surface area contributed by atoms with E-state index in [1.54, 1.807) is 29.2 Å². The van der Waals surface area contributed by atoms with Crippen molar-refractivity contribution in [3.63, 3.8) is 0 Å². The van der Waals surface area contributed by atoms with Gasteiger partial charge in [0.05, 0.1) is 16.9 Å². The van der Waals surface area contributed by atoms with Gasteiger partial charge in [-0.15, -0.1) is 0 Å². The molecule has 226 valence electrons. The highest BCUT2D eigenvalue weighted by molar-refractivity contribution is 7.89. The molecule has 1 fully saturated rings. The molecule has 0 unspecified atom stereocenters. The zero-order chi connectivity index (χ0) is 31.3. The quantitative estimate of drug-likeness (QED) is 0.263. The molecule has 10 nitrogen and oxygen atoms in total. The van der Waals surface area contributed by atoms with E-state index in [0.717, 1.165) is 18.2 Å². The third kappa shape index (κ3) is 8.10. The van der Waals surface area contributed by atoms with Gasteiger partial charge < -0.3 is 20.6 Å². The molecular weight excluding hydrogens is 596 g/mol. The number of hydrogen-bond donors (Lipinski definition) is 4. The summed E-state index contributed by atoms with van der Waals surface area (Å²) in [7, 11) is -2.71. The molecule has 0 spiro atoms. The maximum Gasteiger partial charge on any atom is 0.490 e. The average molecular weight is 620 g/mol. The van der Waals surface area contributed by atoms with Gasteiger partial charge in [-0.3, -0.25) is 4.79 Å². The number of aliphatic carboxylic acids is 1. The molecule has 1 aliphatic rings. The largest absolute Gasteiger partial charge is 0.490 e. The number of nitrogens with zero attached hydrogens (tertiary/aromatic N) is 2. The van der Waals surface area contributed by atoms with Crippen LogP contribution in [-0.4, -0.2) is 50.2 Å². The van der Waals surface area contributed by atoms with Crippen LogP contribution >= 0.6 is 0 Å². The van der Waals surface area contributed by atoms with Crippen LogP contribution in [0.15, 0.2) is 65.7 Å². The number of carbonyl (C=O) groups is 2. The second-order valence-electron chi connectivity index (χ2n) is 8.57. The Kier molecular flexibility index (Phi) is 9.68. The Morgan fingerprint density at radius 1 is 0.976 bits per heavy atom. The van der Waals surface area contributed by atoms with E-state index in [2.05, 4.69) is 20.3 Å². The number of carboxylic acids is 1. The first kappa shape index (κ1) is 32.1. The molecule has 4 N–H and O–H groups in total. The highest BCUT2D eigenvalue weighted by Crippen LogP contribution is 2.38. The van der Waals surface area contributed by atoms with Crippen molar-refractivity contribution in [2.24, 2.45) is 0 Å². The number of alkyl halides is 6. The first-order valence-corrected chi connectivity index (χ1v) is 13.4. The summed E-state index contributed by atoms with van der Waals surface area (Å²) in [6, 6.07) is 13.7. The highest BCUT2D eigenvalue weighted by atomic mass is 32.2. The van der Waals surface area contributed by atoms with Crippen LogP contribution in [0.3, 0.4) is 0 Å². The minimum atomic E-state index is -5.08. The van der Waals surface area contributed by atoms with Gasteiger partial charge in [-0.25, -0.2) is 22.9 Å². The molecule has 0 bridgehead atoms. The van der Waals surface area contributed by atoms with E-state index in [9.17, 15) is 39.6 Å². The second-order valence-corrected chi connectivity index (χ2v) is 10.4. The van der Waals surface area contributed by atoms with Gasteiger partial charge in [-0.1, -0.05) is 12.1 Å². The van der Waals surface area contributed by atoms with Crippen LogP contribution < -0.4 is 20.3 Å². The van der Waals surface area contributed by atoms with Crippen molar-refractivity contribution in [3.8, 4) is 0 Å². The van der Waals surface area contributed by atoms with Crippen molar-refractivity contribution in [3.05, 3.63) is 66.4 Å². The van der Waals surface area contributed by atoms with E-state index in [1.807, 2.05) is 0 Å². The van der Waals surface area contributed by atoms with E-state index >= 15 is 0 Å². The number of sulfonamides is 1. The van der Waals surface area contributed by atoms with E-state index in [0.29, 0.717) is 24.8 Å². The number of carbonyl (C=O) groups excluding carboxylic acids is 1. The smallest absolute Gasteiger partial charge is 0.475 e. The summed E-state index contributed by atoms with van der Waals surface area (Å²) >= 11 is 0. The number of hydrogen-bond acceptors (Lipinski definition) is 7. The molecule has 1 aliphatic heterocycles. The normalized spacial score (nSPS) is 13.8. The lowest BCUT2D eigenvalue weighted by atomic mass is 10.2. The van der Waals surface area contributed by atoms with Crippen molar-refractivity contribution < 1.29 is 49.5 Å². The van der Waals surface area contributed by atoms with Crippen LogP contribution in [0, 0.1) is 0 Å². The molecule has 1 amide bonds. The monoisotopic (exact) mass is 619 g/mol. The van der Waals surface area contributed by atoms with Crippen LogP contribution in [0.25, 0.3) is 0 Å². The van der Waals surface area contributed by atoms with Crippen LogP contribution in [0.2, 0.25) is 0 Å². The van der Waals surface area contributed by atoms with Gasteiger partial charge in [-0.05, 0) is 49.9 Å². The summed E-state index contributed by atoms with van der Waals surface area (Å²) in [5.41, 5.74) is -0.153. The predicted molar refractivity (Wildman–Crippen MR) is 140 cm³/mol. The molecule has 1 aromatic heterocycles. The lowest BCUT2D eigenvalue weighted by molar-refractivity contribution is -0.192. The zero-order valence-electron chi connectivity index (χ0n) is 21.5. The minimum Gasteiger partial charge on any atom is -0.475 e. The summed E-state index contributed by atoms with van der Waals surface area (Å²) in [6.07, 6.45) is -7.83. The Bertz CT molecular complexity index is 1550. The van der Waals surface area contributed by atoms with Gasteiger partial charge in [0, 0.05) is 36.6 Å².